The molecule has 0 spiro atoms. The first-order valence-corrected chi connectivity index (χ1v) is 11.7. The number of anilines is 1. The van der Waals surface area contributed by atoms with Crippen LogP contribution >= 0.6 is 0 Å². The molecule has 2 aromatic heterocycles. The van der Waals surface area contributed by atoms with Crippen LogP contribution < -0.4 is 9.64 Å². The highest BCUT2D eigenvalue weighted by atomic mass is 16.5. The molecule has 2 aliphatic rings. The predicted molar refractivity (Wildman–Crippen MR) is 125 cm³/mol. The number of methoxy groups -OCH3 is 1. The van der Waals surface area contributed by atoms with Gasteiger partial charge in [-0.25, -0.2) is 4.98 Å². The van der Waals surface area contributed by atoms with E-state index in [-0.39, 0.29) is 0 Å². The van der Waals surface area contributed by atoms with E-state index in [9.17, 15) is 0 Å². The maximum Gasteiger partial charge on any atom is 0.195 e. The number of nitrogens with one attached hydrogen (secondary N) is 1. The van der Waals surface area contributed by atoms with Gasteiger partial charge in [-0.3, -0.25) is 0 Å². The quantitative estimate of drug-likeness (QED) is 0.468. The van der Waals surface area contributed by atoms with Crippen LogP contribution in [0.3, 0.4) is 0 Å². The first-order valence-electron chi connectivity index (χ1n) is 11.7. The Morgan fingerprint density at radius 3 is 2.94 bits per heavy atom. The second-order valence-electron chi connectivity index (χ2n) is 9.02. The SMILES string of the molecule is COc1ccc2[nH]c3c(c2c1)CN(c1ccc2nc(CCC4CCOCC4)oc2c1)CC3. The highest BCUT2D eigenvalue weighted by Crippen LogP contribution is 2.33. The van der Waals surface area contributed by atoms with E-state index in [1.807, 2.05) is 6.07 Å². The van der Waals surface area contributed by atoms with Crippen LogP contribution in [-0.4, -0.2) is 36.8 Å². The van der Waals surface area contributed by atoms with Gasteiger partial charge in [0.1, 0.15) is 11.3 Å². The molecule has 0 saturated carbocycles. The van der Waals surface area contributed by atoms with Gasteiger partial charge in [-0.1, -0.05) is 0 Å². The molecule has 0 amide bonds. The molecule has 32 heavy (non-hydrogen) atoms. The van der Waals surface area contributed by atoms with Crippen LogP contribution in [0.2, 0.25) is 0 Å². The minimum atomic E-state index is 0.728. The number of hydrogen-bond donors (Lipinski definition) is 1. The number of rotatable bonds is 5. The van der Waals surface area contributed by atoms with Crippen molar-refractivity contribution < 1.29 is 13.9 Å². The zero-order valence-electron chi connectivity index (χ0n) is 18.5. The topological polar surface area (TPSA) is 63.5 Å². The van der Waals surface area contributed by atoms with E-state index >= 15 is 0 Å². The van der Waals surface area contributed by atoms with Crippen LogP contribution in [0.5, 0.6) is 5.75 Å². The van der Waals surface area contributed by atoms with Crippen LogP contribution in [0.4, 0.5) is 5.69 Å². The Labute approximate surface area is 187 Å². The number of nitrogens with zero attached hydrogens (tertiary/aromatic N) is 2. The molecular weight excluding hydrogens is 402 g/mol. The molecule has 6 heteroatoms. The molecule has 0 aliphatic carbocycles. The Morgan fingerprint density at radius 2 is 2.06 bits per heavy atom. The summed E-state index contributed by atoms with van der Waals surface area (Å²) in [5, 5.41) is 1.25. The van der Waals surface area contributed by atoms with Crippen molar-refractivity contribution in [3.05, 3.63) is 53.5 Å². The maximum atomic E-state index is 6.15. The molecular formula is C26H29N3O3. The van der Waals surface area contributed by atoms with Gasteiger partial charge in [0.2, 0.25) is 0 Å². The molecule has 0 atom stereocenters. The molecule has 4 aromatic rings. The number of ether oxygens (including phenoxy) is 2. The van der Waals surface area contributed by atoms with Crippen LogP contribution in [0.15, 0.2) is 40.8 Å². The van der Waals surface area contributed by atoms with Crippen molar-refractivity contribution in [3.63, 3.8) is 0 Å². The Balaban J connectivity index is 1.22. The summed E-state index contributed by atoms with van der Waals surface area (Å²) < 4.78 is 17.1. The molecule has 0 radical (unpaired) electrons. The summed E-state index contributed by atoms with van der Waals surface area (Å²) in [6, 6.07) is 12.7. The fourth-order valence-corrected chi connectivity index (χ4v) is 5.17. The zero-order valence-corrected chi connectivity index (χ0v) is 18.5. The summed E-state index contributed by atoms with van der Waals surface area (Å²) >= 11 is 0. The fraction of sp³-hybridized carbons (Fsp3) is 0.423. The average Bonchev–Trinajstić information content (AvgIpc) is 3.42. The smallest absolute Gasteiger partial charge is 0.195 e. The van der Waals surface area contributed by atoms with Gasteiger partial charge in [0.05, 0.1) is 7.11 Å². The normalized spacial score (nSPS) is 17.2. The predicted octanol–water partition coefficient (Wildman–Crippen LogP) is 5.24. The molecule has 6 nitrogen and oxygen atoms in total. The molecule has 1 fully saturated rings. The van der Waals surface area contributed by atoms with E-state index in [2.05, 4.69) is 40.2 Å². The molecule has 4 heterocycles. The van der Waals surface area contributed by atoms with E-state index in [0.29, 0.717) is 0 Å². The number of aromatic amines is 1. The summed E-state index contributed by atoms with van der Waals surface area (Å²) in [6.45, 7) is 3.64. The molecule has 6 rings (SSSR count). The Morgan fingerprint density at radius 1 is 1.16 bits per heavy atom. The standard InChI is InChI=1S/C26H29N3O3/c1-30-19-4-6-22-20(15-19)21-16-29(11-8-23(21)27-22)18-3-5-24-25(14-18)32-26(28-24)7-2-17-9-12-31-13-10-17/h3-6,14-15,17,27H,2,7-13,16H2,1H3. The highest BCUT2D eigenvalue weighted by Gasteiger charge is 2.22. The fourth-order valence-electron chi connectivity index (χ4n) is 5.17. The minimum absolute atomic E-state index is 0.728. The van der Waals surface area contributed by atoms with Crippen molar-refractivity contribution in [3.8, 4) is 5.75 Å². The summed E-state index contributed by atoms with van der Waals surface area (Å²) in [4.78, 5) is 10.8. The molecule has 166 valence electrons. The number of hydrogen-bond acceptors (Lipinski definition) is 5. The highest BCUT2D eigenvalue weighted by molar-refractivity contribution is 5.87. The molecule has 2 aliphatic heterocycles. The molecule has 2 aromatic carbocycles. The number of H-pyrrole nitrogens is 1. The average molecular weight is 432 g/mol. The second-order valence-corrected chi connectivity index (χ2v) is 9.02. The number of benzene rings is 2. The lowest BCUT2D eigenvalue weighted by molar-refractivity contribution is 0.0635. The van der Waals surface area contributed by atoms with Gasteiger partial charge in [0.25, 0.3) is 0 Å². The first-order chi connectivity index (χ1) is 15.8. The van der Waals surface area contributed by atoms with E-state index in [1.54, 1.807) is 7.11 Å². The largest absolute Gasteiger partial charge is 0.497 e. The van der Waals surface area contributed by atoms with Gasteiger partial charge in [-0.15, -0.1) is 0 Å². The van der Waals surface area contributed by atoms with Crippen molar-refractivity contribution in [2.24, 2.45) is 5.92 Å². The third-order valence-electron chi connectivity index (χ3n) is 7.07. The third kappa shape index (κ3) is 3.62. The van der Waals surface area contributed by atoms with Gasteiger partial charge in [-0.2, -0.15) is 0 Å². The van der Waals surface area contributed by atoms with E-state index in [1.165, 1.54) is 27.8 Å². The summed E-state index contributed by atoms with van der Waals surface area (Å²) in [6.07, 6.45) is 5.33. The third-order valence-corrected chi connectivity index (χ3v) is 7.07. The van der Waals surface area contributed by atoms with Gasteiger partial charge in [0.15, 0.2) is 11.5 Å². The van der Waals surface area contributed by atoms with Gasteiger partial charge in [-0.05, 0) is 55.5 Å². The van der Waals surface area contributed by atoms with Crippen LogP contribution in [0.1, 0.15) is 36.4 Å². The van der Waals surface area contributed by atoms with Crippen LogP contribution in [0.25, 0.3) is 22.0 Å². The molecule has 1 N–H and O–H groups in total. The van der Waals surface area contributed by atoms with Crippen LogP contribution in [-0.2, 0) is 24.1 Å². The van der Waals surface area contributed by atoms with Gasteiger partial charge in [0, 0.05) is 73.1 Å². The summed E-state index contributed by atoms with van der Waals surface area (Å²) in [7, 11) is 1.72. The number of aromatic nitrogens is 2. The van der Waals surface area contributed by atoms with Crippen molar-refractivity contribution in [1.29, 1.82) is 0 Å². The Bertz CT molecular complexity index is 1250. The van der Waals surface area contributed by atoms with E-state index < -0.39 is 0 Å². The lowest BCUT2D eigenvalue weighted by atomic mass is 9.95. The van der Waals surface area contributed by atoms with Crippen molar-refractivity contribution in [1.82, 2.24) is 9.97 Å². The first kappa shape index (κ1) is 19.7. The second kappa shape index (κ2) is 8.17. The Hall–Kier alpha value is -2.99. The number of fused-ring (bicyclic) bond motifs is 4. The lowest BCUT2D eigenvalue weighted by Gasteiger charge is -2.29. The van der Waals surface area contributed by atoms with Crippen molar-refractivity contribution in [2.45, 2.75) is 38.6 Å². The van der Waals surface area contributed by atoms with Crippen molar-refractivity contribution in [2.75, 3.05) is 31.8 Å². The zero-order chi connectivity index (χ0) is 21.5. The minimum Gasteiger partial charge on any atom is -0.497 e. The van der Waals surface area contributed by atoms with E-state index in [4.69, 9.17) is 18.9 Å². The molecule has 0 unspecified atom stereocenters. The van der Waals surface area contributed by atoms with Gasteiger partial charge >= 0.3 is 0 Å². The monoisotopic (exact) mass is 431 g/mol. The molecule has 1 saturated heterocycles. The summed E-state index contributed by atoms with van der Waals surface area (Å²) in [5.41, 5.74) is 6.90. The van der Waals surface area contributed by atoms with E-state index in [0.717, 1.165) is 87.1 Å². The number of aryl methyl sites for hydroxylation is 1. The Kier molecular flexibility index (Phi) is 5.02. The maximum absolute atomic E-state index is 6.15. The van der Waals surface area contributed by atoms with Crippen molar-refractivity contribution >= 4 is 27.7 Å². The van der Waals surface area contributed by atoms with Crippen LogP contribution in [0, 0.1) is 5.92 Å². The summed E-state index contributed by atoms with van der Waals surface area (Å²) in [5.74, 6) is 2.48. The van der Waals surface area contributed by atoms with Gasteiger partial charge < -0.3 is 23.8 Å². The lowest BCUT2D eigenvalue weighted by Crippen LogP contribution is -2.29. The molecule has 0 bridgehead atoms. The number of oxazole rings is 1.